The Bertz CT molecular complexity index is 424. The maximum atomic E-state index is 12.0. The van der Waals surface area contributed by atoms with Gasteiger partial charge in [0.25, 0.3) is 0 Å². The maximum absolute atomic E-state index is 12.0. The number of Topliss-reactive ketones (excluding diaryl/α,β-unsaturated/α-hetero) is 1. The summed E-state index contributed by atoms with van der Waals surface area (Å²) in [5.74, 6) is 0.00829. The molecule has 5 nitrogen and oxygen atoms in total. The first-order chi connectivity index (χ1) is 7.83. The summed E-state index contributed by atoms with van der Waals surface area (Å²) in [6.07, 6.45) is 7.95. The first kappa shape index (κ1) is 11.2. The summed E-state index contributed by atoms with van der Waals surface area (Å²) in [4.78, 5) is 20.0. The van der Waals surface area contributed by atoms with Gasteiger partial charge in [0, 0.05) is 11.5 Å². The molecule has 0 saturated heterocycles. The summed E-state index contributed by atoms with van der Waals surface area (Å²) in [6, 6.07) is -0.276. The highest BCUT2D eigenvalue weighted by molar-refractivity contribution is 9.09. The Morgan fingerprint density at radius 3 is 3.06 bits per heavy atom. The molecule has 0 N–H and O–H groups in total. The van der Waals surface area contributed by atoms with Crippen LogP contribution in [-0.4, -0.2) is 38.1 Å². The lowest BCUT2D eigenvalue weighted by atomic mass is 10.0. The fourth-order valence-corrected chi connectivity index (χ4v) is 1.86. The van der Waals surface area contributed by atoms with Crippen LogP contribution in [0.2, 0.25) is 0 Å². The summed E-state index contributed by atoms with van der Waals surface area (Å²) in [7, 11) is 0. The monoisotopic (exact) mass is 282 g/mol. The third-order valence-electron chi connectivity index (χ3n) is 2.33. The van der Waals surface area contributed by atoms with Gasteiger partial charge in [0.2, 0.25) is 5.78 Å². The number of ketones is 1. The molecule has 0 aliphatic carbocycles. The number of allylic oxidation sites excluding steroid dienone is 1. The zero-order valence-electron chi connectivity index (χ0n) is 8.58. The second kappa shape index (κ2) is 5.16. The van der Waals surface area contributed by atoms with Gasteiger partial charge in [0.1, 0.15) is 24.4 Å². The highest BCUT2D eigenvalue weighted by Crippen LogP contribution is 2.16. The van der Waals surface area contributed by atoms with Gasteiger partial charge in [-0.25, -0.2) is 9.67 Å². The van der Waals surface area contributed by atoms with Crippen LogP contribution < -0.4 is 0 Å². The zero-order valence-corrected chi connectivity index (χ0v) is 10.2. The van der Waals surface area contributed by atoms with Crippen molar-refractivity contribution in [1.82, 2.24) is 14.8 Å². The summed E-state index contributed by atoms with van der Waals surface area (Å²) < 4.78 is 1.48. The Morgan fingerprint density at radius 2 is 2.38 bits per heavy atom. The molecule has 84 valence electrons. The second-order valence-corrected chi connectivity index (χ2v) is 4.19. The number of aliphatic imine (C=N–C) groups is 1. The fraction of sp³-hybridized carbons (Fsp3) is 0.400. The van der Waals surface area contributed by atoms with Crippen molar-refractivity contribution in [2.45, 2.75) is 18.9 Å². The molecule has 0 amide bonds. The molecule has 0 fully saturated rings. The van der Waals surface area contributed by atoms with E-state index < -0.39 is 0 Å². The van der Waals surface area contributed by atoms with Crippen molar-refractivity contribution in [2.75, 3.05) is 5.33 Å². The third kappa shape index (κ3) is 2.27. The molecule has 6 heteroatoms. The Labute approximate surface area is 101 Å². The van der Waals surface area contributed by atoms with Crippen molar-refractivity contribution in [2.24, 2.45) is 4.99 Å². The summed E-state index contributed by atoms with van der Waals surface area (Å²) >= 11 is 3.34. The molecule has 1 atom stereocenters. The van der Waals surface area contributed by atoms with E-state index in [9.17, 15) is 4.79 Å². The van der Waals surface area contributed by atoms with Crippen LogP contribution in [-0.2, 0) is 4.79 Å². The predicted octanol–water partition coefficient (Wildman–Crippen LogP) is 1.32. The number of aromatic nitrogens is 3. The van der Waals surface area contributed by atoms with E-state index in [1.54, 1.807) is 12.3 Å². The van der Waals surface area contributed by atoms with Gasteiger partial charge >= 0.3 is 0 Å². The van der Waals surface area contributed by atoms with Crippen LogP contribution in [0.15, 0.2) is 23.7 Å². The molecule has 0 aromatic carbocycles. The first-order valence-electron chi connectivity index (χ1n) is 5.01. The van der Waals surface area contributed by atoms with E-state index in [1.165, 1.54) is 17.3 Å². The highest BCUT2D eigenvalue weighted by Gasteiger charge is 2.24. The SMILES string of the molecule is O=C1C(n2cncn2)=CC=N[C@H]1CCCBr. The van der Waals surface area contributed by atoms with Gasteiger partial charge in [-0.1, -0.05) is 15.9 Å². The molecule has 16 heavy (non-hydrogen) atoms. The van der Waals surface area contributed by atoms with Crippen molar-refractivity contribution in [1.29, 1.82) is 0 Å². The fourth-order valence-electron chi connectivity index (χ4n) is 1.54. The van der Waals surface area contributed by atoms with E-state index >= 15 is 0 Å². The molecule has 0 saturated carbocycles. The number of rotatable bonds is 4. The molecule has 0 unspecified atom stereocenters. The van der Waals surface area contributed by atoms with Crippen molar-refractivity contribution in [3.63, 3.8) is 0 Å². The lowest BCUT2D eigenvalue weighted by Crippen LogP contribution is -2.26. The number of halogens is 1. The predicted molar refractivity (Wildman–Crippen MR) is 64.6 cm³/mol. The number of alkyl halides is 1. The molecule has 0 bridgehead atoms. The summed E-state index contributed by atoms with van der Waals surface area (Å²) in [5.41, 5.74) is 0.534. The molecule has 1 aromatic rings. The minimum Gasteiger partial charge on any atom is -0.290 e. The third-order valence-corrected chi connectivity index (χ3v) is 2.89. The summed E-state index contributed by atoms with van der Waals surface area (Å²) in [6.45, 7) is 0. The van der Waals surface area contributed by atoms with E-state index in [1.807, 2.05) is 0 Å². The molecule has 2 rings (SSSR count). The number of carbonyl (C=O) groups excluding carboxylic acids is 1. The van der Waals surface area contributed by atoms with E-state index in [2.05, 4.69) is 31.0 Å². The van der Waals surface area contributed by atoms with Crippen LogP contribution in [0.4, 0.5) is 0 Å². The quantitative estimate of drug-likeness (QED) is 0.783. The standard InChI is InChI=1S/C10H11BrN4O/c11-4-1-2-8-10(16)9(3-5-13-8)15-7-12-6-14-15/h3,5-8H,1-2,4H2/t8-/m0/s1. The average Bonchev–Trinajstić information content (AvgIpc) is 2.81. The van der Waals surface area contributed by atoms with Gasteiger partial charge in [-0.15, -0.1) is 0 Å². The normalized spacial score (nSPS) is 19.9. The highest BCUT2D eigenvalue weighted by atomic mass is 79.9. The van der Waals surface area contributed by atoms with E-state index in [-0.39, 0.29) is 11.8 Å². The van der Waals surface area contributed by atoms with Crippen LogP contribution in [0.25, 0.3) is 5.70 Å². The molecular formula is C10H11BrN4O. The van der Waals surface area contributed by atoms with Gasteiger partial charge in [0.05, 0.1) is 0 Å². The van der Waals surface area contributed by atoms with E-state index in [4.69, 9.17) is 0 Å². The molecule has 1 aliphatic rings. The van der Waals surface area contributed by atoms with Crippen LogP contribution in [0, 0.1) is 0 Å². The van der Waals surface area contributed by atoms with E-state index in [0.29, 0.717) is 5.70 Å². The lowest BCUT2D eigenvalue weighted by Gasteiger charge is -2.15. The smallest absolute Gasteiger partial charge is 0.205 e. The van der Waals surface area contributed by atoms with Gasteiger partial charge < -0.3 is 0 Å². The number of carbonyl (C=O) groups is 1. The second-order valence-electron chi connectivity index (χ2n) is 3.40. The van der Waals surface area contributed by atoms with Crippen LogP contribution in [0.3, 0.4) is 0 Å². The van der Waals surface area contributed by atoms with E-state index in [0.717, 1.165) is 18.2 Å². The largest absolute Gasteiger partial charge is 0.290 e. The topological polar surface area (TPSA) is 60.1 Å². The number of hydrogen-bond donors (Lipinski definition) is 0. The Morgan fingerprint density at radius 1 is 1.50 bits per heavy atom. The molecule has 0 radical (unpaired) electrons. The van der Waals surface area contributed by atoms with Crippen LogP contribution >= 0.6 is 15.9 Å². The molecular weight excluding hydrogens is 272 g/mol. The average molecular weight is 283 g/mol. The van der Waals surface area contributed by atoms with Crippen molar-refractivity contribution >= 4 is 33.6 Å². The zero-order chi connectivity index (χ0) is 11.4. The minimum absolute atomic E-state index is 0.00829. The summed E-state index contributed by atoms with van der Waals surface area (Å²) in [5, 5.41) is 4.83. The Hall–Kier alpha value is -1.30. The number of dihydropyridines is 1. The number of nitrogens with zero attached hydrogens (tertiary/aromatic N) is 4. The van der Waals surface area contributed by atoms with Crippen molar-refractivity contribution in [3.8, 4) is 0 Å². The molecule has 1 aromatic heterocycles. The Kier molecular flexibility index (Phi) is 3.61. The maximum Gasteiger partial charge on any atom is 0.205 e. The number of hydrogen-bond acceptors (Lipinski definition) is 4. The van der Waals surface area contributed by atoms with Gasteiger partial charge in [-0.2, -0.15) is 5.10 Å². The first-order valence-corrected chi connectivity index (χ1v) is 6.13. The minimum atomic E-state index is -0.276. The van der Waals surface area contributed by atoms with Crippen molar-refractivity contribution < 1.29 is 4.79 Å². The van der Waals surface area contributed by atoms with Gasteiger partial charge in [-0.05, 0) is 18.9 Å². The molecule has 2 heterocycles. The molecule has 0 spiro atoms. The lowest BCUT2D eigenvalue weighted by molar-refractivity contribution is -0.115. The van der Waals surface area contributed by atoms with Gasteiger partial charge in [-0.3, -0.25) is 9.79 Å². The van der Waals surface area contributed by atoms with Crippen LogP contribution in [0.5, 0.6) is 0 Å². The van der Waals surface area contributed by atoms with Crippen LogP contribution in [0.1, 0.15) is 12.8 Å². The Balaban J connectivity index is 2.14. The molecule has 1 aliphatic heterocycles. The van der Waals surface area contributed by atoms with Crippen molar-refractivity contribution in [3.05, 3.63) is 18.7 Å². The van der Waals surface area contributed by atoms with Gasteiger partial charge in [0.15, 0.2) is 0 Å².